The number of nitrogens with zero attached hydrogens (tertiary/aromatic N) is 4. The summed E-state index contributed by atoms with van der Waals surface area (Å²) < 4.78 is 18.9. The fourth-order valence-electron chi connectivity index (χ4n) is 3.24. The van der Waals surface area contributed by atoms with Crippen molar-refractivity contribution in [3.05, 3.63) is 12.2 Å². The van der Waals surface area contributed by atoms with Crippen LogP contribution in [0.4, 0.5) is 5.82 Å². The molecule has 10 nitrogen and oxygen atoms in total. The maximum absolute atomic E-state index is 11.5. The summed E-state index contributed by atoms with van der Waals surface area (Å²) in [7, 11) is 0. The summed E-state index contributed by atoms with van der Waals surface area (Å²) in [5.41, 5.74) is 6.77. The fraction of sp³-hybridized carbons (Fsp3) is 0.571. The molecule has 2 aliphatic heterocycles. The molecule has 4 atom stereocenters. The minimum atomic E-state index is -1.14. The highest BCUT2D eigenvalue weighted by Gasteiger charge is 2.58. The number of nitrogens with two attached hydrogens (primary N) is 1. The van der Waals surface area contributed by atoms with Gasteiger partial charge in [0.2, 0.25) is 0 Å². The minimum Gasteiger partial charge on any atom is -0.479 e. The Kier molecular flexibility index (Phi) is 3.08. The molecule has 2 saturated heterocycles. The lowest BCUT2D eigenvalue weighted by molar-refractivity contribution is -0.202. The Morgan fingerprint density at radius 3 is 2.75 bits per heavy atom. The van der Waals surface area contributed by atoms with E-state index in [1.807, 2.05) is 0 Å². The lowest BCUT2D eigenvalue weighted by Crippen LogP contribution is -2.35. The molecule has 2 aromatic heterocycles. The fourth-order valence-corrected chi connectivity index (χ4v) is 3.24. The predicted octanol–water partition coefficient (Wildman–Crippen LogP) is 0.219. The molecular weight excluding hydrogens is 318 g/mol. The van der Waals surface area contributed by atoms with Gasteiger partial charge in [-0.1, -0.05) is 0 Å². The number of hydrogen-bond donors (Lipinski definition) is 2. The van der Waals surface area contributed by atoms with E-state index in [9.17, 15) is 9.90 Å². The van der Waals surface area contributed by atoms with Crippen LogP contribution in [0.3, 0.4) is 0 Å². The largest absolute Gasteiger partial charge is 0.479 e. The van der Waals surface area contributed by atoms with Crippen molar-refractivity contribution in [3.63, 3.8) is 0 Å². The first-order chi connectivity index (χ1) is 11.3. The smallest absolute Gasteiger partial charge is 0.335 e. The van der Waals surface area contributed by atoms with Crippen molar-refractivity contribution in [2.45, 2.75) is 51.1 Å². The maximum atomic E-state index is 11.5. The first-order valence-corrected chi connectivity index (χ1v) is 7.47. The number of carboxylic acids is 1. The summed E-state index contributed by atoms with van der Waals surface area (Å²) in [5.74, 6) is -1.27. The first-order valence-electron chi connectivity index (χ1n) is 7.47. The second-order valence-electron chi connectivity index (χ2n) is 6.33. The highest BCUT2D eigenvalue weighted by Crippen LogP contribution is 2.43. The van der Waals surface area contributed by atoms with Gasteiger partial charge in [0.25, 0.3) is 0 Å². The van der Waals surface area contributed by atoms with Gasteiger partial charge in [-0.25, -0.2) is 19.7 Å². The van der Waals surface area contributed by atoms with E-state index in [2.05, 4.69) is 15.0 Å². The summed E-state index contributed by atoms with van der Waals surface area (Å²) >= 11 is 0. The first kappa shape index (κ1) is 15.2. The molecule has 128 valence electrons. The highest BCUT2D eigenvalue weighted by atomic mass is 16.8. The molecule has 0 spiro atoms. The Morgan fingerprint density at radius 1 is 1.33 bits per heavy atom. The maximum Gasteiger partial charge on any atom is 0.335 e. The van der Waals surface area contributed by atoms with Crippen LogP contribution < -0.4 is 5.73 Å². The van der Waals surface area contributed by atoms with Crippen LogP contribution in [0, 0.1) is 6.92 Å². The average Bonchev–Trinajstić information content (AvgIpc) is 3.09. The zero-order chi connectivity index (χ0) is 17.2. The second-order valence-corrected chi connectivity index (χ2v) is 6.33. The molecule has 2 aliphatic rings. The molecule has 1 unspecified atom stereocenters. The van der Waals surface area contributed by atoms with Crippen molar-refractivity contribution in [1.29, 1.82) is 0 Å². The third-order valence-corrected chi connectivity index (χ3v) is 4.11. The summed E-state index contributed by atoms with van der Waals surface area (Å²) in [6.45, 7) is 5.18. The number of rotatable bonds is 2. The van der Waals surface area contributed by atoms with Gasteiger partial charge < -0.3 is 25.1 Å². The Balaban J connectivity index is 1.80. The molecule has 24 heavy (non-hydrogen) atoms. The predicted molar refractivity (Wildman–Crippen MR) is 79.8 cm³/mol. The van der Waals surface area contributed by atoms with Gasteiger partial charge in [0.05, 0.1) is 6.33 Å². The van der Waals surface area contributed by atoms with E-state index in [1.165, 1.54) is 6.33 Å². The van der Waals surface area contributed by atoms with E-state index in [-0.39, 0.29) is 5.82 Å². The Morgan fingerprint density at radius 2 is 2.04 bits per heavy atom. The van der Waals surface area contributed by atoms with E-state index in [0.29, 0.717) is 17.0 Å². The number of anilines is 1. The van der Waals surface area contributed by atoms with Crippen LogP contribution in [0.5, 0.6) is 0 Å². The van der Waals surface area contributed by atoms with Gasteiger partial charge in [0.1, 0.15) is 23.5 Å². The molecular formula is C14H17N5O5. The number of carboxylic acid groups (broad SMARTS) is 1. The summed E-state index contributed by atoms with van der Waals surface area (Å²) in [6.07, 6.45) is -1.71. The van der Waals surface area contributed by atoms with Gasteiger partial charge in [-0.3, -0.25) is 4.57 Å². The van der Waals surface area contributed by atoms with E-state index < -0.39 is 36.3 Å². The molecule has 0 amide bonds. The lowest BCUT2D eigenvalue weighted by atomic mass is 10.1. The summed E-state index contributed by atoms with van der Waals surface area (Å²) in [6, 6.07) is 0. The van der Waals surface area contributed by atoms with Crippen molar-refractivity contribution < 1.29 is 24.1 Å². The van der Waals surface area contributed by atoms with Gasteiger partial charge in [-0.15, -0.1) is 0 Å². The standard InChI is InChI=1S/C14H17N5O5/c1-5-17-10(15)6-11(18-5)19(4-16-6)12-8-7(9(22-12)13(20)21)23-14(2,3)24-8/h4,7-9,12H,1-3H3,(H,20,21)(H2,15,17,18)/t7-,8+,9-,12?/m0/s1. The van der Waals surface area contributed by atoms with Crippen LogP contribution in [-0.4, -0.2) is 54.7 Å². The number of aromatic nitrogens is 4. The third kappa shape index (κ3) is 2.14. The van der Waals surface area contributed by atoms with Gasteiger partial charge >= 0.3 is 5.97 Å². The van der Waals surface area contributed by atoms with Crippen molar-refractivity contribution in [2.24, 2.45) is 0 Å². The minimum absolute atomic E-state index is 0.254. The molecule has 0 aromatic carbocycles. The Bertz CT molecular complexity index is 834. The molecule has 10 heteroatoms. The van der Waals surface area contributed by atoms with E-state index in [1.54, 1.807) is 25.3 Å². The topological polar surface area (TPSA) is 135 Å². The molecule has 0 radical (unpaired) electrons. The van der Waals surface area contributed by atoms with Crippen LogP contribution >= 0.6 is 0 Å². The Labute approximate surface area is 136 Å². The van der Waals surface area contributed by atoms with Gasteiger partial charge in [-0.05, 0) is 20.8 Å². The van der Waals surface area contributed by atoms with E-state index in [4.69, 9.17) is 19.9 Å². The molecule has 2 fully saturated rings. The van der Waals surface area contributed by atoms with Crippen molar-refractivity contribution in [2.75, 3.05) is 5.73 Å². The SMILES string of the molecule is Cc1nc(N)c2ncn(C3O[C@H](C(=O)O)[C@H]4OC(C)(C)O[C@@H]34)c2n1. The number of fused-ring (bicyclic) bond motifs is 2. The summed E-state index contributed by atoms with van der Waals surface area (Å²) in [4.78, 5) is 24.1. The number of carbonyl (C=O) groups is 1. The number of ether oxygens (including phenoxy) is 3. The molecule has 0 aliphatic carbocycles. The molecule has 0 saturated carbocycles. The zero-order valence-corrected chi connectivity index (χ0v) is 13.3. The summed E-state index contributed by atoms with van der Waals surface area (Å²) in [5, 5.41) is 9.42. The van der Waals surface area contributed by atoms with E-state index in [0.717, 1.165) is 0 Å². The molecule has 3 N–H and O–H groups in total. The van der Waals surface area contributed by atoms with E-state index >= 15 is 0 Å². The number of aryl methyl sites for hydroxylation is 1. The van der Waals surface area contributed by atoms with Crippen molar-refractivity contribution in [3.8, 4) is 0 Å². The lowest BCUT2D eigenvalue weighted by Gasteiger charge is -2.23. The van der Waals surface area contributed by atoms with Crippen LogP contribution in [0.25, 0.3) is 11.2 Å². The second kappa shape index (κ2) is 4.85. The molecule has 4 heterocycles. The number of hydrogen-bond acceptors (Lipinski definition) is 8. The number of nitrogen functional groups attached to an aromatic ring is 1. The van der Waals surface area contributed by atoms with Crippen LogP contribution in [0.2, 0.25) is 0 Å². The average molecular weight is 335 g/mol. The quantitative estimate of drug-likeness (QED) is 0.790. The highest BCUT2D eigenvalue weighted by molar-refractivity contribution is 5.81. The van der Waals surface area contributed by atoms with Gasteiger partial charge in [0.15, 0.2) is 29.6 Å². The molecule has 4 rings (SSSR count). The van der Waals surface area contributed by atoms with Crippen LogP contribution in [0.15, 0.2) is 6.33 Å². The third-order valence-electron chi connectivity index (χ3n) is 4.11. The van der Waals surface area contributed by atoms with Crippen molar-refractivity contribution in [1.82, 2.24) is 19.5 Å². The zero-order valence-electron chi connectivity index (χ0n) is 13.3. The monoisotopic (exact) mass is 335 g/mol. The van der Waals surface area contributed by atoms with Crippen LogP contribution in [0.1, 0.15) is 25.9 Å². The molecule has 2 aromatic rings. The van der Waals surface area contributed by atoms with Gasteiger partial charge in [-0.2, -0.15) is 0 Å². The number of imidazole rings is 1. The van der Waals surface area contributed by atoms with Gasteiger partial charge in [0, 0.05) is 0 Å². The van der Waals surface area contributed by atoms with Crippen LogP contribution in [-0.2, 0) is 19.0 Å². The number of aliphatic carboxylic acids is 1. The normalized spacial score (nSPS) is 31.5. The van der Waals surface area contributed by atoms with Crippen molar-refractivity contribution >= 4 is 23.0 Å². The molecule has 0 bridgehead atoms. The Hall–Kier alpha value is -2.30.